The molecule has 7 heteroatoms. The topological polar surface area (TPSA) is 84.4 Å². The number of ketones is 1. The number of anilines is 2. The van der Waals surface area contributed by atoms with E-state index in [2.05, 4.69) is 20.2 Å². The Hall–Kier alpha value is -2.96. The lowest BCUT2D eigenvalue weighted by Gasteiger charge is -2.16. The molecule has 1 aliphatic heterocycles. The highest BCUT2D eigenvalue weighted by molar-refractivity contribution is 5.97. The Labute approximate surface area is 152 Å². The largest absolute Gasteiger partial charge is 0.467 e. The molecule has 0 spiro atoms. The number of ether oxygens (including phenoxy) is 1. The molecule has 2 heterocycles. The number of carbonyl (C=O) groups excluding carboxylic acids is 2. The van der Waals surface area contributed by atoms with Crippen LogP contribution in [0.15, 0.2) is 30.3 Å². The molecule has 136 valence electrons. The second-order valence-electron chi connectivity index (χ2n) is 6.32. The van der Waals surface area contributed by atoms with Crippen molar-refractivity contribution in [1.29, 1.82) is 0 Å². The van der Waals surface area contributed by atoms with Crippen LogP contribution in [-0.4, -0.2) is 41.4 Å². The van der Waals surface area contributed by atoms with Crippen LogP contribution in [0.25, 0.3) is 0 Å². The molecule has 3 rings (SSSR count). The zero-order valence-corrected chi connectivity index (χ0v) is 15.0. The van der Waals surface area contributed by atoms with Crippen molar-refractivity contribution in [3.8, 4) is 5.88 Å². The standard InChI is InChI=1S/C19H22N4O3/c1-13-10-18(22-19(20-13)23-8-3-4-9-23)26-12-17(25)21-16-7-5-6-15(11-16)14(2)24/h5-7,10-11H,3-4,8-9,12H2,1-2H3,(H,21,25). The van der Waals surface area contributed by atoms with Gasteiger partial charge in [-0.1, -0.05) is 12.1 Å². The van der Waals surface area contributed by atoms with Crippen LogP contribution in [0.3, 0.4) is 0 Å². The lowest BCUT2D eigenvalue weighted by atomic mass is 10.1. The van der Waals surface area contributed by atoms with Crippen molar-refractivity contribution in [3.05, 3.63) is 41.6 Å². The van der Waals surface area contributed by atoms with E-state index in [1.165, 1.54) is 6.92 Å². The van der Waals surface area contributed by atoms with Crippen LogP contribution < -0.4 is 15.0 Å². The number of benzene rings is 1. The minimum atomic E-state index is -0.315. The predicted octanol–water partition coefficient (Wildman–Crippen LogP) is 2.61. The van der Waals surface area contributed by atoms with Crippen molar-refractivity contribution in [1.82, 2.24) is 9.97 Å². The van der Waals surface area contributed by atoms with Crippen molar-refractivity contribution < 1.29 is 14.3 Å². The zero-order valence-electron chi connectivity index (χ0n) is 15.0. The molecule has 0 radical (unpaired) electrons. The molecule has 2 aromatic rings. The van der Waals surface area contributed by atoms with Gasteiger partial charge in [0.2, 0.25) is 11.8 Å². The third-order valence-corrected chi connectivity index (χ3v) is 4.11. The van der Waals surface area contributed by atoms with Gasteiger partial charge in [-0.3, -0.25) is 9.59 Å². The average Bonchev–Trinajstić information content (AvgIpc) is 3.14. The van der Waals surface area contributed by atoms with Crippen molar-refractivity contribution in [3.63, 3.8) is 0 Å². The summed E-state index contributed by atoms with van der Waals surface area (Å²) in [6.45, 7) is 5.08. The van der Waals surface area contributed by atoms with Gasteiger partial charge in [-0.05, 0) is 38.8 Å². The van der Waals surface area contributed by atoms with Crippen molar-refractivity contribution in [2.75, 3.05) is 29.9 Å². The summed E-state index contributed by atoms with van der Waals surface area (Å²) in [5.74, 6) is 0.659. The van der Waals surface area contributed by atoms with Crippen LogP contribution in [0.1, 0.15) is 35.8 Å². The molecule has 1 fully saturated rings. The quantitative estimate of drug-likeness (QED) is 0.803. The third kappa shape index (κ3) is 4.56. The number of nitrogens with one attached hydrogen (secondary N) is 1. The first-order valence-electron chi connectivity index (χ1n) is 8.65. The zero-order chi connectivity index (χ0) is 18.5. The molecule has 1 amide bonds. The van der Waals surface area contributed by atoms with Crippen LogP contribution in [0, 0.1) is 6.92 Å². The summed E-state index contributed by atoms with van der Waals surface area (Å²) in [6.07, 6.45) is 2.27. The lowest BCUT2D eigenvalue weighted by molar-refractivity contribution is -0.118. The van der Waals surface area contributed by atoms with E-state index in [0.29, 0.717) is 23.1 Å². The number of carbonyl (C=O) groups is 2. The van der Waals surface area contributed by atoms with Gasteiger partial charge in [0.05, 0.1) is 0 Å². The third-order valence-electron chi connectivity index (χ3n) is 4.11. The molecule has 0 saturated carbocycles. The van der Waals surface area contributed by atoms with E-state index >= 15 is 0 Å². The minimum Gasteiger partial charge on any atom is -0.467 e. The smallest absolute Gasteiger partial charge is 0.262 e. The Morgan fingerprint density at radius 2 is 1.96 bits per heavy atom. The first kappa shape index (κ1) is 17.8. The number of hydrogen-bond donors (Lipinski definition) is 1. The Balaban J connectivity index is 1.60. The summed E-state index contributed by atoms with van der Waals surface area (Å²) in [7, 11) is 0. The van der Waals surface area contributed by atoms with Gasteiger partial charge in [-0.25, -0.2) is 4.98 Å². The molecule has 0 aliphatic carbocycles. The van der Waals surface area contributed by atoms with Crippen LogP contribution in [-0.2, 0) is 4.79 Å². The number of rotatable bonds is 6. The summed E-state index contributed by atoms with van der Waals surface area (Å²) < 4.78 is 5.54. The average molecular weight is 354 g/mol. The molecule has 1 aromatic carbocycles. The maximum Gasteiger partial charge on any atom is 0.262 e. The minimum absolute atomic E-state index is 0.0525. The van der Waals surface area contributed by atoms with Gasteiger partial charge in [0.25, 0.3) is 5.91 Å². The Kier molecular flexibility index (Phi) is 5.46. The highest BCUT2D eigenvalue weighted by atomic mass is 16.5. The van der Waals surface area contributed by atoms with Crippen molar-refractivity contribution in [2.24, 2.45) is 0 Å². The molecule has 1 saturated heterocycles. The first-order valence-corrected chi connectivity index (χ1v) is 8.65. The van der Waals surface area contributed by atoms with E-state index in [1.54, 1.807) is 30.3 Å². The van der Waals surface area contributed by atoms with Gasteiger partial charge in [-0.15, -0.1) is 0 Å². The van der Waals surface area contributed by atoms with Crippen LogP contribution >= 0.6 is 0 Å². The number of amides is 1. The van der Waals surface area contributed by atoms with Crippen molar-refractivity contribution in [2.45, 2.75) is 26.7 Å². The number of Topliss-reactive ketones (excluding diaryl/α,β-unsaturated/α-hetero) is 1. The fraction of sp³-hybridized carbons (Fsp3) is 0.368. The molecule has 1 N–H and O–H groups in total. The summed E-state index contributed by atoms with van der Waals surface area (Å²) in [5, 5.41) is 2.72. The van der Waals surface area contributed by atoms with Crippen molar-refractivity contribution >= 4 is 23.3 Å². The maximum absolute atomic E-state index is 12.1. The molecule has 0 unspecified atom stereocenters. The van der Waals surface area contributed by atoms with Gasteiger partial charge in [0.15, 0.2) is 12.4 Å². The van der Waals surface area contributed by atoms with Gasteiger partial charge < -0.3 is 15.0 Å². The Bertz CT molecular complexity index is 816. The highest BCUT2D eigenvalue weighted by Gasteiger charge is 2.16. The Morgan fingerprint density at radius 3 is 2.69 bits per heavy atom. The summed E-state index contributed by atoms with van der Waals surface area (Å²) in [5.41, 5.74) is 1.90. The first-order chi connectivity index (χ1) is 12.5. The van der Waals surface area contributed by atoms with E-state index in [9.17, 15) is 9.59 Å². The van der Waals surface area contributed by atoms with E-state index < -0.39 is 0 Å². The summed E-state index contributed by atoms with van der Waals surface area (Å²) in [6, 6.07) is 8.51. The van der Waals surface area contributed by atoms with Crippen LogP contribution in [0.2, 0.25) is 0 Å². The number of nitrogens with zero attached hydrogens (tertiary/aromatic N) is 3. The van der Waals surface area contributed by atoms with Gasteiger partial charge in [0, 0.05) is 36.1 Å². The van der Waals surface area contributed by atoms with Crippen LogP contribution in [0.4, 0.5) is 11.6 Å². The normalized spacial score (nSPS) is 13.5. The molecular formula is C19H22N4O3. The van der Waals surface area contributed by atoms with E-state index in [-0.39, 0.29) is 18.3 Å². The molecule has 26 heavy (non-hydrogen) atoms. The second-order valence-corrected chi connectivity index (χ2v) is 6.32. The number of aryl methyl sites for hydroxylation is 1. The molecule has 7 nitrogen and oxygen atoms in total. The summed E-state index contributed by atoms with van der Waals surface area (Å²) >= 11 is 0. The molecule has 1 aromatic heterocycles. The fourth-order valence-electron chi connectivity index (χ4n) is 2.81. The fourth-order valence-corrected chi connectivity index (χ4v) is 2.81. The molecule has 0 atom stereocenters. The Morgan fingerprint density at radius 1 is 1.19 bits per heavy atom. The maximum atomic E-state index is 12.1. The highest BCUT2D eigenvalue weighted by Crippen LogP contribution is 2.19. The van der Waals surface area contributed by atoms with E-state index in [1.807, 2.05) is 6.92 Å². The second kappa shape index (κ2) is 7.95. The molecular weight excluding hydrogens is 332 g/mol. The van der Waals surface area contributed by atoms with Gasteiger partial charge in [0.1, 0.15) is 0 Å². The molecule has 1 aliphatic rings. The monoisotopic (exact) mass is 354 g/mol. The lowest BCUT2D eigenvalue weighted by Crippen LogP contribution is -2.23. The van der Waals surface area contributed by atoms with Crippen LogP contribution in [0.5, 0.6) is 5.88 Å². The summed E-state index contributed by atoms with van der Waals surface area (Å²) in [4.78, 5) is 34.5. The number of aromatic nitrogens is 2. The van der Waals surface area contributed by atoms with Gasteiger partial charge in [-0.2, -0.15) is 4.98 Å². The van der Waals surface area contributed by atoms with E-state index in [0.717, 1.165) is 31.6 Å². The molecule has 0 bridgehead atoms. The SMILES string of the molecule is CC(=O)c1cccc(NC(=O)COc2cc(C)nc(N3CCCC3)n2)c1. The van der Waals surface area contributed by atoms with E-state index in [4.69, 9.17) is 4.74 Å². The predicted molar refractivity (Wildman–Crippen MR) is 98.8 cm³/mol. The number of hydrogen-bond acceptors (Lipinski definition) is 6. The van der Waals surface area contributed by atoms with Gasteiger partial charge >= 0.3 is 0 Å².